The van der Waals surface area contributed by atoms with E-state index in [1.165, 1.54) is 44.8 Å². The molecule has 1 aliphatic heterocycles. The Labute approximate surface area is 110 Å². The topological polar surface area (TPSA) is 9.86 Å². The molecule has 3 heterocycles. The number of benzene rings is 2. The second-order valence-corrected chi connectivity index (χ2v) is 5.49. The molecule has 0 radical (unpaired) electrons. The van der Waals surface area contributed by atoms with Crippen LogP contribution in [0.5, 0.6) is 0 Å². The van der Waals surface area contributed by atoms with Crippen molar-refractivity contribution in [1.82, 2.24) is 9.13 Å². The van der Waals surface area contributed by atoms with Crippen molar-refractivity contribution in [2.45, 2.75) is 13.0 Å². The lowest BCUT2D eigenvalue weighted by Crippen LogP contribution is -1.97. The fourth-order valence-electron chi connectivity index (χ4n) is 3.83. The summed E-state index contributed by atoms with van der Waals surface area (Å²) in [7, 11) is 2.19. The molecule has 19 heavy (non-hydrogen) atoms. The summed E-state index contributed by atoms with van der Waals surface area (Å²) in [5.74, 6) is 0. The maximum Gasteiger partial charge on any atom is 0.122 e. The van der Waals surface area contributed by atoms with E-state index < -0.39 is 0 Å². The maximum absolute atomic E-state index is 2.50. The molecule has 0 aliphatic carbocycles. The van der Waals surface area contributed by atoms with Gasteiger partial charge in [-0.1, -0.05) is 36.4 Å². The molecular formula is C17H14N2. The quantitative estimate of drug-likeness (QED) is 0.446. The van der Waals surface area contributed by atoms with Gasteiger partial charge >= 0.3 is 0 Å². The van der Waals surface area contributed by atoms with E-state index in [9.17, 15) is 0 Å². The van der Waals surface area contributed by atoms with Crippen molar-refractivity contribution in [3.63, 3.8) is 0 Å². The highest BCUT2D eigenvalue weighted by Crippen LogP contribution is 2.40. The van der Waals surface area contributed by atoms with Crippen molar-refractivity contribution >= 4 is 32.8 Å². The number of hydrogen-bond donors (Lipinski definition) is 0. The summed E-state index contributed by atoms with van der Waals surface area (Å²) in [5, 5.41) is 4.22. The molecular weight excluding hydrogens is 232 g/mol. The maximum atomic E-state index is 2.50. The number of fused-ring (bicyclic) bond motifs is 5. The lowest BCUT2D eigenvalue weighted by molar-refractivity contribution is 0.770. The van der Waals surface area contributed by atoms with Gasteiger partial charge in [-0.2, -0.15) is 0 Å². The summed E-state index contributed by atoms with van der Waals surface area (Å²) in [6, 6.07) is 15.5. The zero-order chi connectivity index (χ0) is 12.6. The van der Waals surface area contributed by atoms with Crippen LogP contribution in [0.1, 0.15) is 5.56 Å². The molecule has 5 rings (SSSR count). The molecule has 1 aliphatic rings. The van der Waals surface area contributed by atoms with E-state index in [1.807, 2.05) is 0 Å². The van der Waals surface area contributed by atoms with Gasteiger partial charge < -0.3 is 9.13 Å². The van der Waals surface area contributed by atoms with Crippen molar-refractivity contribution < 1.29 is 0 Å². The minimum Gasteiger partial charge on any atom is -0.330 e. The smallest absolute Gasteiger partial charge is 0.122 e. The highest BCUT2D eigenvalue weighted by Gasteiger charge is 2.23. The highest BCUT2D eigenvalue weighted by molar-refractivity contribution is 6.21. The Hall–Kier alpha value is -2.22. The first-order valence-electron chi connectivity index (χ1n) is 6.83. The minimum absolute atomic E-state index is 1.11. The van der Waals surface area contributed by atoms with E-state index >= 15 is 0 Å². The van der Waals surface area contributed by atoms with Gasteiger partial charge in [-0.25, -0.2) is 0 Å². The average Bonchev–Trinajstić information content (AvgIpc) is 3.08. The fraction of sp³-hybridized carbons (Fsp3) is 0.176. The Kier molecular flexibility index (Phi) is 1.54. The highest BCUT2D eigenvalue weighted by atomic mass is 15.1. The van der Waals surface area contributed by atoms with Crippen LogP contribution in [0.2, 0.25) is 0 Å². The van der Waals surface area contributed by atoms with Crippen LogP contribution in [0.4, 0.5) is 0 Å². The summed E-state index contributed by atoms with van der Waals surface area (Å²) in [6.07, 6.45) is 1.17. The normalized spacial score (nSPS) is 14.2. The number of rotatable bonds is 0. The second kappa shape index (κ2) is 3.02. The molecule has 2 aromatic heterocycles. The Morgan fingerprint density at radius 1 is 0.947 bits per heavy atom. The fourth-order valence-corrected chi connectivity index (χ4v) is 3.83. The SMILES string of the molecule is Cn1c2ccccc2c2c3cccc4c3n(c21)CC4. The third-order valence-corrected chi connectivity index (χ3v) is 4.60. The molecule has 0 saturated carbocycles. The van der Waals surface area contributed by atoms with Crippen LogP contribution in [0.25, 0.3) is 32.8 Å². The predicted octanol–water partition coefficient (Wildman–Crippen LogP) is 3.84. The van der Waals surface area contributed by atoms with Crippen LogP contribution in [-0.4, -0.2) is 9.13 Å². The van der Waals surface area contributed by atoms with Crippen LogP contribution in [0.3, 0.4) is 0 Å². The van der Waals surface area contributed by atoms with E-state index in [0.717, 1.165) is 6.54 Å². The molecule has 2 heteroatoms. The largest absolute Gasteiger partial charge is 0.330 e. The van der Waals surface area contributed by atoms with Crippen molar-refractivity contribution in [2.24, 2.45) is 7.05 Å². The van der Waals surface area contributed by atoms with Crippen molar-refractivity contribution in [1.29, 1.82) is 0 Å². The molecule has 2 aromatic carbocycles. The number of aryl methyl sites for hydroxylation is 3. The molecule has 4 aromatic rings. The van der Waals surface area contributed by atoms with E-state index in [2.05, 4.69) is 58.6 Å². The number of nitrogens with zero attached hydrogens (tertiary/aromatic N) is 2. The molecule has 0 amide bonds. The zero-order valence-corrected chi connectivity index (χ0v) is 10.9. The molecule has 0 spiro atoms. The molecule has 0 N–H and O–H groups in total. The van der Waals surface area contributed by atoms with E-state index in [-0.39, 0.29) is 0 Å². The summed E-state index contributed by atoms with van der Waals surface area (Å²) in [4.78, 5) is 0. The predicted molar refractivity (Wildman–Crippen MR) is 79.6 cm³/mol. The molecule has 0 fully saturated rings. The number of hydrogen-bond acceptors (Lipinski definition) is 0. The molecule has 2 nitrogen and oxygen atoms in total. The summed E-state index contributed by atoms with van der Waals surface area (Å²) >= 11 is 0. The lowest BCUT2D eigenvalue weighted by Gasteiger charge is -2.02. The second-order valence-electron chi connectivity index (χ2n) is 5.49. The minimum atomic E-state index is 1.11. The van der Waals surface area contributed by atoms with Gasteiger partial charge in [0.2, 0.25) is 0 Å². The van der Waals surface area contributed by atoms with E-state index in [1.54, 1.807) is 0 Å². The van der Waals surface area contributed by atoms with Crippen molar-refractivity contribution in [2.75, 3.05) is 0 Å². The molecule has 0 bridgehead atoms. The third-order valence-electron chi connectivity index (χ3n) is 4.60. The first-order valence-corrected chi connectivity index (χ1v) is 6.83. The van der Waals surface area contributed by atoms with Gasteiger partial charge in [-0.3, -0.25) is 0 Å². The number of para-hydroxylation sites is 2. The van der Waals surface area contributed by atoms with Gasteiger partial charge in [-0.15, -0.1) is 0 Å². The van der Waals surface area contributed by atoms with Crippen LogP contribution in [-0.2, 0) is 20.0 Å². The standard InChI is InChI=1S/C17H14N2/c1-18-14-8-3-2-6-12(14)15-13-7-4-5-11-9-10-19(16(11)13)17(15)18/h2-8H,9-10H2,1H3. The van der Waals surface area contributed by atoms with Gasteiger partial charge in [0.05, 0.1) is 11.0 Å². The van der Waals surface area contributed by atoms with E-state index in [4.69, 9.17) is 0 Å². The van der Waals surface area contributed by atoms with Crippen molar-refractivity contribution in [3.8, 4) is 0 Å². The van der Waals surface area contributed by atoms with Crippen molar-refractivity contribution in [3.05, 3.63) is 48.0 Å². The van der Waals surface area contributed by atoms with Gasteiger partial charge in [0.25, 0.3) is 0 Å². The summed E-state index contributed by atoms with van der Waals surface area (Å²) in [6.45, 7) is 1.11. The Morgan fingerprint density at radius 2 is 1.79 bits per heavy atom. The average molecular weight is 246 g/mol. The number of aromatic nitrogens is 2. The van der Waals surface area contributed by atoms with Crippen LogP contribution in [0, 0.1) is 0 Å². The summed E-state index contributed by atoms with van der Waals surface area (Å²) < 4.78 is 4.85. The molecule has 0 saturated heterocycles. The summed E-state index contributed by atoms with van der Waals surface area (Å²) in [5.41, 5.74) is 5.66. The van der Waals surface area contributed by atoms with Gasteiger partial charge in [0, 0.05) is 29.8 Å². The Morgan fingerprint density at radius 3 is 2.74 bits per heavy atom. The first-order chi connectivity index (χ1) is 9.36. The van der Waals surface area contributed by atoms with Gasteiger partial charge in [-0.05, 0) is 18.1 Å². The van der Waals surface area contributed by atoms with Crippen LogP contribution < -0.4 is 0 Å². The van der Waals surface area contributed by atoms with Gasteiger partial charge in [0.15, 0.2) is 0 Å². The molecule has 0 unspecified atom stereocenters. The Balaban J connectivity index is 2.22. The van der Waals surface area contributed by atoms with Gasteiger partial charge in [0.1, 0.15) is 5.65 Å². The van der Waals surface area contributed by atoms with Crippen LogP contribution in [0.15, 0.2) is 42.5 Å². The lowest BCUT2D eigenvalue weighted by atomic mass is 10.1. The monoisotopic (exact) mass is 246 g/mol. The van der Waals surface area contributed by atoms with Crippen LogP contribution >= 0.6 is 0 Å². The van der Waals surface area contributed by atoms with E-state index in [0.29, 0.717) is 0 Å². The third kappa shape index (κ3) is 0.963. The molecule has 0 atom stereocenters. The molecule has 92 valence electrons. The Bertz CT molecular complexity index is 969. The zero-order valence-electron chi connectivity index (χ0n) is 10.9. The first kappa shape index (κ1) is 9.68.